The molecule has 1 atom stereocenters. The number of hydrogen-bond acceptors (Lipinski definition) is 4. The van der Waals surface area contributed by atoms with Gasteiger partial charge in [-0.25, -0.2) is 0 Å². The van der Waals surface area contributed by atoms with E-state index in [1.807, 2.05) is 18.2 Å². The summed E-state index contributed by atoms with van der Waals surface area (Å²) >= 11 is 6.00. The van der Waals surface area contributed by atoms with Gasteiger partial charge in [0.25, 0.3) is 5.91 Å². The molecule has 0 saturated heterocycles. The highest BCUT2D eigenvalue weighted by molar-refractivity contribution is 6.30. The highest BCUT2D eigenvalue weighted by atomic mass is 35.5. The first kappa shape index (κ1) is 16.3. The summed E-state index contributed by atoms with van der Waals surface area (Å²) in [6.45, 7) is 0.770. The molecule has 122 valence electrons. The van der Waals surface area contributed by atoms with Crippen LogP contribution in [0.3, 0.4) is 0 Å². The fraction of sp³-hybridized carbons (Fsp3) is 0.278. The van der Waals surface area contributed by atoms with Crippen molar-refractivity contribution >= 4 is 17.5 Å². The summed E-state index contributed by atoms with van der Waals surface area (Å²) in [5.74, 6) is 0.570. The topological polar surface area (TPSA) is 66.2 Å². The van der Waals surface area contributed by atoms with Gasteiger partial charge in [0.2, 0.25) is 0 Å². The lowest BCUT2D eigenvalue weighted by Gasteiger charge is -2.24. The predicted molar refractivity (Wildman–Crippen MR) is 89.5 cm³/mol. The van der Waals surface area contributed by atoms with Gasteiger partial charge in [-0.3, -0.25) is 9.78 Å². The maximum Gasteiger partial charge on any atom is 0.264 e. The lowest BCUT2D eigenvalue weighted by Crippen LogP contribution is -2.41. The minimum Gasteiger partial charge on any atom is -0.480 e. The fourth-order valence-electron chi connectivity index (χ4n) is 2.72. The molecule has 1 aromatic carbocycles. The van der Waals surface area contributed by atoms with Crippen molar-refractivity contribution in [2.75, 3.05) is 6.54 Å². The molecular weight excluding hydrogens is 326 g/mol. The van der Waals surface area contributed by atoms with Crippen LogP contribution in [0.15, 0.2) is 42.7 Å². The fourth-order valence-corrected chi connectivity index (χ4v) is 2.92. The molecule has 1 unspecified atom stereocenters. The van der Waals surface area contributed by atoms with E-state index in [0.717, 1.165) is 11.1 Å². The van der Waals surface area contributed by atoms with Crippen molar-refractivity contribution in [1.29, 1.82) is 5.26 Å². The summed E-state index contributed by atoms with van der Waals surface area (Å²) in [5, 5.41) is 9.48. The van der Waals surface area contributed by atoms with Gasteiger partial charge in [-0.05, 0) is 35.4 Å². The lowest BCUT2D eigenvalue weighted by atomic mass is 10.1. The second-order valence-corrected chi connectivity index (χ2v) is 6.03. The van der Waals surface area contributed by atoms with E-state index in [-0.39, 0.29) is 12.3 Å². The number of nitriles is 1. The average Bonchev–Trinajstić information content (AvgIpc) is 3.02. The molecule has 1 aromatic heterocycles. The van der Waals surface area contributed by atoms with Crippen LogP contribution in [-0.4, -0.2) is 28.4 Å². The number of amides is 1. The monoisotopic (exact) mass is 341 g/mol. The zero-order valence-corrected chi connectivity index (χ0v) is 13.7. The number of halogens is 1. The number of ether oxygens (including phenoxy) is 1. The van der Waals surface area contributed by atoms with Crippen LogP contribution in [-0.2, 0) is 17.8 Å². The molecule has 24 heavy (non-hydrogen) atoms. The number of pyridine rings is 1. The summed E-state index contributed by atoms with van der Waals surface area (Å²) in [6, 6.07) is 11.2. The van der Waals surface area contributed by atoms with Gasteiger partial charge in [0.1, 0.15) is 5.75 Å². The van der Waals surface area contributed by atoms with E-state index in [1.54, 1.807) is 29.4 Å². The zero-order valence-electron chi connectivity index (χ0n) is 13.0. The molecule has 0 bridgehead atoms. The molecule has 0 N–H and O–H groups in total. The van der Waals surface area contributed by atoms with E-state index in [2.05, 4.69) is 11.1 Å². The quantitative estimate of drug-likeness (QED) is 0.838. The van der Waals surface area contributed by atoms with Gasteiger partial charge in [-0.1, -0.05) is 17.7 Å². The number of benzene rings is 1. The molecule has 1 aliphatic rings. The second-order valence-electron chi connectivity index (χ2n) is 5.59. The van der Waals surface area contributed by atoms with Crippen molar-refractivity contribution in [3.8, 4) is 11.8 Å². The molecule has 0 aliphatic carbocycles. The van der Waals surface area contributed by atoms with Crippen LogP contribution in [0.1, 0.15) is 17.5 Å². The minimum absolute atomic E-state index is 0.124. The zero-order chi connectivity index (χ0) is 16.9. The minimum atomic E-state index is -0.575. The summed E-state index contributed by atoms with van der Waals surface area (Å²) in [4.78, 5) is 18.6. The van der Waals surface area contributed by atoms with E-state index >= 15 is 0 Å². The summed E-state index contributed by atoms with van der Waals surface area (Å²) < 4.78 is 5.77. The highest BCUT2D eigenvalue weighted by Crippen LogP contribution is 2.31. The Kier molecular flexibility index (Phi) is 4.97. The smallest absolute Gasteiger partial charge is 0.264 e. The van der Waals surface area contributed by atoms with Gasteiger partial charge in [0.05, 0.1) is 12.5 Å². The van der Waals surface area contributed by atoms with Crippen LogP contribution in [0.5, 0.6) is 5.75 Å². The lowest BCUT2D eigenvalue weighted by molar-refractivity contribution is -0.138. The molecule has 0 radical (unpaired) electrons. The molecule has 0 saturated carbocycles. The molecule has 1 aliphatic heterocycles. The molecule has 5 nitrogen and oxygen atoms in total. The molecule has 1 amide bonds. The van der Waals surface area contributed by atoms with Crippen LogP contribution in [0.4, 0.5) is 0 Å². The van der Waals surface area contributed by atoms with Gasteiger partial charge < -0.3 is 9.64 Å². The van der Waals surface area contributed by atoms with Crippen molar-refractivity contribution in [3.05, 3.63) is 58.9 Å². The Morgan fingerprint density at radius 2 is 2.33 bits per heavy atom. The van der Waals surface area contributed by atoms with E-state index in [9.17, 15) is 4.79 Å². The first-order valence-electron chi connectivity index (χ1n) is 7.67. The van der Waals surface area contributed by atoms with E-state index < -0.39 is 6.10 Å². The van der Waals surface area contributed by atoms with Crippen molar-refractivity contribution in [2.45, 2.75) is 25.5 Å². The summed E-state index contributed by atoms with van der Waals surface area (Å²) in [7, 11) is 0. The molecule has 0 fully saturated rings. The van der Waals surface area contributed by atoms with E-state index in [0.29, 0.717) is 30.3 Å². The molecular formula is C18H16ClN3O2. The van der Waals surface area contributed by atoms with E-state index in [4.69, 9.17) is 21.6 Å². The molecule has 6 heteroatoms. The summed E-state index contributed by atoms with van der Waals surface area (Å²) in [6.07, 6.45) is 3.60. The molecule has 0 spiro atoms. The Morgan fingerprint density at radius 1 is 1.46 bits per heavy atom. The highest BCUT2D eigenvalue weighted by Gasteiger charge is 2.32. The first-order valence-corrected chi connectivity index (χ1v) is 8.05. The largest absolute Gasteiger partial charge is 0.480 e. The average molecular weight is 342 g/mol. The van der Waals surface area contributed by atoms with Crippen molar-refractivity contribution in [3.63, 3.8) is 0 Å². The number of fused-ring (bicyclic) bond motifs is 1. The first-order chi connectivity index (χ1) is 11.7. The SMILES string of the molecule is N#CCCN(Cc1cccnc1)C(=O)C1Cc2cc(Cl)ccc2O1. The van der Waals surface area contributed by atoms with Crippen LogP contribution in [0.2, 0.25) is 5.02 Å². The van der Waals surface area contributed by atoms with Crippen LogP contribution < -0.4 is 4.74 Å². The molecule has 3 rings (SSSR count). The Labute approximate surface area is 145 Å². The third-order valence-corrected chi connectivity index (χ3v) is 4.11. The second kappa shape index (κ2) is 7.33. The number of carbonyl (C=O) groups excluding carboxylic acids is 1. The number of nitrogens with zero attached hydrogens (tertiary/aromatic N) is 3. The Bertz CT molecular complexity index is 774. The van der Waals surface area contributed by atoms with Gasteiger partial charge in [-0.2, -0.15) is 5.26 Å². The van der Waals surface area contributed by atoms with Gasteiger partial charge in [0.15, 0.2) is 6.10 Å². The Balaban J connectivity index is 1.73. The van der Waals surface area contributed by atoms with Gasteiger partial charge in [0, 0.05) is 36.9 Å². The van der Waals surface area contributed by atoms with Crippen LogP contribution >= 0.6 is 11.6 Å². The number of aromatic nitrogens is 1. The number of rotatable bonds is 5. The summed E-state index contributed by atoms with van der Waals surface area (Å²) in [5.41, 5.74) is 1.85. The Morgan fingerprint density at radius 3 is 3.08 bits per heavy atom. The van der Waals surface area contributed by atoms with Crippen molar-refractivity contribution < 1.29 is 9.53 Å². The maximum atomic E-state index is 12.8. The normalized spacial score (nSPS) is 15.2. The van der Waals surface area contributed by atoms with E-state index in [1.165, 1.54) is 0 Å². The van der Waals surface area contributed by atoms with Gasteiger partial charge >= 0.3 is 0 Å². The standard InChI is InChI=1S/C18H16ClN3O2/c19-15-4-5-16-14(9-15)10-17(24-16)18(23)22(8-2-6-20)12-13-3-1-7-21-11-13/h1,3-5,7,9,11,17H,2,8,10,12H2. The maximum absolute atomic E-state index is 12.8. The van der Waals surface area contributed by atoms with Crippen LogP contribution in [0, 0.1) is 11.3 Å². The third kappa shape index (κ3) is 3.66. The molecule has 2 heterocycles. The predicted octanol–water partition coefficient (Wildman–Crippen LogP) is 2.98. The number of carbonyl (C=O) groups is 1. The number of hydrogen-bond donors (Lipinski definition) is 0. The Hall–Kier alpha value is -2.58. The van der Waals surface area contributed by atoms with Crippen molar-refractivity contribution in [1.82, 2.24) is 9.88 Å². The molecule has 2 aromatic rings. The third-order valence-electron chi connectivity index (χ3n) is 3.87. The van der Waals surface area contributed by atoms with Crippen molar-refractivity contribution in [2.24, 2.45) is 0 Å². The van der Waals surface area contributed by atoms with Crippen LogP contribution in [0.25, 0.3) is 0 Å². The van der Waals surface area contributed by atoms with Gasteiger partial charge in [-0.15, -0.1) is 0 Å².